The molecule has 0 fully saturated rings. The zero-order valence-corrected chi connectivity index (χ0v) is 11.3. The van der Waals surface area contributed by atoms with Crippen molar-refractivity contribution in [3.63, 3.8) is 0 Å². The van der Waals surface area contributed by atoms with Crippen LogP contribution in [0.15, 0.2) is 24.3 Å². The number of unbranched alkanes of at least 4 members (excludes halogenated alkanes) is 1. The number of rotatable bonds is 6. The van der Waals surface area contributed by atoms with Gasteiger partial charge >= 0.3 is 6.03 Å². The lowest BCUT2D eigenvalue weighted by molar-refractivity contribution is 0.213. The molecule has 0 bridgehead atoms. The maximum atomic E-state index is 12.0. The van der Waals surface area contributed by atoms with E-state index >= 15 is 0 Å². The van der Waals surface area contributed by atoms with E-state index in [1.807, 2.05) is 36.1 Å². The van der Waals surface area contributed by atoms with Gasteiger partial charge in [0.05, 0.1) is 0 Å². The van der Waals surface area contributed by atoms with Gasteiger partial charge in [-0.2, -0.15) is 0 Å². The standard InChI is InChI=1S/C14H23N3O/c1-3-5-9-17(4-2)14(18)16-13-8-6-7-12(10-13)11-15/h6-8,10H,3-5,9,11,15H2,1-2H3,(H,16,18). The summed E-state index contributed by atoms with van der Waals surface area (Å²) < 4.78 is 0. The molecule has 2 amide bonds. The first-order chi connectivity index (χ1) is 8.71. The Morgan fingerprint density at radius 3 is 2.78 bits per heavy atom. The number of amides is 2. The van der Waals surface area contributed by atoms with Crippen LogP contribution in [0.25, 0.3) is 0 Å². The highest BCUT2D eigenvalue weighted by atomic mass is 16.2. The lowest BCUT2D eigenvalue weighted by atomic mass is 10.2. The lowest BCUT2D eigenvalue weighted by Gasteiger charge is -2.21. The highest BCUT2D eigenvalue weighted by Crippen LogP contribution is 2.11. The second kappa shape index (κ2) is 7.71. The summed E-state index contributed by atoms with van der Waals surface area (Å²) in [6.07, 6.45) is 2.12. The van der Waals surface area contributed by atoms with Crippen LogP contribution >= 0.6 is 0 Å². The number of anilines is 1. The molecular formula is C14H23N3O. The number of urea groups is 1. The first-order valence-corrected chi connectivity index (χ1v) is 6.56. The van der Waals surface area contributed by atoms with Crippen LogP contribution in [0, 0.1) is 0 Å². The smallest absolute Gasteiger partial charge is 0.321 e. The predicted octanol–water partition coefficient (Wildman–Crippen LogP) is 2.80. The average molecular weight is 249 g/mol. The van der Waals surface area contributed by atoms with E-state index in [0.717, 1.165) is 37.2 Å². The van der Waals surface area contributed by atoms with Gasteiger partial charge in [-0.1, -0.05) is 25.5 Å². The first-order valence-electron chi connectivity index (χ1n) is 6.56. The Labute approximate surface area is 109 Å². The number of nitrogens with one attached hydrogen (secondary N) is 1. The zero-order chi connectivity index (χ0) is 13.4. The molecule has 0 aromatic heterocycles. The van der Waals surface area contributed by atoms with Gasteiger partial charge in [-0.3, -0.25) is 0 Å². The topological polar surface area (TPSA) is 58.4 Å². The molecule has 0 aliphatic carbocycles. The van der Waals surface area contributed by atoms with Crippen LogP contribution in [-0.4, -0.2) is 24.0 Å². The summed E-state index contributed by atoms with van der Waals surface area (Å²) >= 11 is 0. The van der Waals surface area contributed by atoms with Gasteiger partial charge in [0.25, 0.3) is 0 Å². The fraction of sp³-hybridized carbons (Fsp3) is 0.500. The third-order valence-electron chi connectivity index (χ3n) is 2.86. The van der Waals surface area contributed by atoms with Crippen molar-refractivity contribution in [1.29, 1.82) is 0 Å². The molecule has 1 rings (SSSR count). The van der Waals surface area contributed by atoms with Crippen LogP contribution in [0.1, 0.15) is 32.3 Å². The fourth-order valence-electron chi connectivity index (χ4n) is 1.73. The monoisotopic (exact) mass is 249 g/mol. The molecule has 0 spiro atoms. The molecule has 0 atom stereocenters. The van der Waals surface area contributed by atoms with E-state index in [2.05, 4.69) is 12.2 Å². The Morgan fingerprint density at radius 1 is 1.39 bits per heavy atom. The molecule has 0 heterocycles. The third-order valence-corrected chi connectivity index (χ3v) is 2.86. The maximum absolute atomic E-state index is 12.0. The van der Waals surface area contributed by atoms with E-state index < -0.39 is 0 Å². The van der Waals surface area contributed by atoms with Crippen molar-refractivity contribution in [2.45, 2.75) is 33.2 Å². The summed E-state index contributed by atoms with van der Waals surface area (Å²) in [5, 5.41) is 2.91. The molecule has 0 radical (unpaired) electrons. The zero-order valence-electron chi connectivity index (χ0n) is 11.3. The molecular weight excluding hydrogens is 226 g/mol. The Hall–Kier alpha value is -1.55. The van der Waals surface area contributed by atoms with Gasteiger partial charge in [0.1, 0.15) is 0 Å². The van der Waals surface area contributed by atoms with Crippen molar-refractivity contribution in [2.24, 2.45) is 5.73 Å². The van der Waals surface area contributed by atoms with E-state index in [4.69, 9.17) is 5.73 Å². The van der Waals surface area contributed by atoms with E-state index in [9.17, 15) is 4.79 Å². The van der Waals surface area contributed by atoms with Crippen molar-refractivity contribution in [3.05, 3.63) is 29.8 Å². The number of benzene rings is 1. The number of carbonyl (C=O) groups is 1. The van der Waals surface area contributed by atoms with Gasteiger partial charge in [0.15, 0.2) is 0 Å². The second-order valence-electron chi connectivity index (χ2n) is 4.27. The van der Waals surface area contributed by atoms with E-state index in [-0.39, 0.29) is 6.03 Å². The molecule has 0 saturated heterocycles. The highest BCUT2D eigenvalue weighted by Gasteiger charge is 2.10. The molecule has 4 heteroatoms. The molecule has 3 N–H and O–H groups in total. The van der Waals surface area contributed by atoms with Crippen LogP contribution in [0.3, 0.4) is 0 Å². The van der Waals surface area contributed by atoms with E-state index in [1.54, 1.807) is 0 Å². The molecule has 100 valence electrons. The minimum Gasteiger partial charge on any atom is -0.326 e. The molecule has 0 unspecified atom stereocenters. The molecule has 4 nitrogen and oxygen atoms in total. The highest BCUT2D eigenvalue weighted by molar-refractivity contribution is 5.89. The minimum absolute atomic E-state index is 0.0416. The maximum Gasteiger partial charge on any atom is 0.321 e. The minimum atomic E-state index is -0.0416. The number of hydrogen-bond donors (Lipinski definition) is 2. The van der Waals surface area contributed by atoms with Gasteiger partial charge in [0.2, 0.25) is 0 Å². The summed E-state index contributed by atoms with van der Waals surface area (Å²) in [5.41, 5.74) is 7.40. The number of nitrogens with zero attached hydrogens (tertiary/aromatic N) is 1. The summed E-state index contributed by atoms with van der Waals surface area (Å²) in [4.78, 5) is 13.9. The van der Waals surface area contributed by atoms with Crippen molar-refractivity contribution in [3.8, 4) is 0 Å². The quantitative estimate of drug-likeness (QED) is 0.814. The summed E-state index contributed by atoms with van der Waals surface area (Å²) in [5.74, 6) is 0. The Bertz CT molecular complexity index is 379. The molecule has 18 heavy (non-hydrogen) atoms. The van der Waals surface area contributed by atoms with Crippen molar-refractivity contribution >= 4 is 11.7 Å². The van der Waals surface area contributed by atoms with Crippen LogP contribution in [0.5, 0.6) is 0 Å². The van der Waals surface area contributed by atoms with Crippen molar-refractivity contribution in [1.82, 2.24) is 4.90 Å². The Morgan fingerprint density at radius 2 is 2.17 bits per heavy atom. The van der Waals surface area contributed by atoms with Crippen molar-refractivity contribution < 1.29 is 4.79 Å². The largest absolute Gasteiger partial charge is 0.326 e. The van der Waals surface area contributed by atoms with Crippen LogP contribution < -0.4 is 11.1 Å². The molecule has 1 aromatic carbocycles. The van der Waals surface area contributed by atoms with Gasteiger partial charge in [0, 0.05) is 25.3 Å². The Kier molecular flexibility index (Phi) is 6.22. The average Bonchev–Trinajstić information content (AvgIpc) is 2.40. The number of carbonyl (C=O) groups excluding carboxylic acids is 1. The lowest BCUT2D eigenvalue weighted by Crippen LogP contribution is -2.35. The van der Waals surface area contributed by atoms with Gasteiger partial charge in [-0.15, -0.1) is 0 Å². The SMILES string of the molecule is CCCCN(CC)C(=O)Nc1cccc(CN)c1. The normalized spacial score (nSPS) is 10.2. The summed E-state index contributed by atoms with van der Waals surface area (Å²) in [6.45, 7) is 6.12. The molecule has 0 saturated carbocycles. The van der Waals surface area contributed by atoms with Gasteiger partial charge in [-0.05, 0) is 31.0 Å². The van der Waals surface area contributed by atoms with Crippen LogP contribution in [0.2, 0.25) is 0 Å². The van der Waals surface area contributed by atoms with E-state index in [1.165, 1.54) is 0 Å². The predicted molar refractivity (Wildman–Crippen MR) is 75.5 cm³/mol. The van der Waals surface area contributed by atoms with Gasteiger partial charge in [-0.25, -0.2) is 4.79 Å². The van der Waals surface area contributed by atoms with Crippen LogP contribution in [0.4, 0.5) is 10.5 Å². The summed E-state index contributed by atoms with van der Waals surface area (Å²) in [7, 11) is 0. The summed E-state index contributed by atoms with van der Waals surface area (Å²) in [6, 6.07) is 7.60. The van der Waals surface area contributed by atoms with Crippen molar-refractivity contribution in [2.75, 3.05) is 18.4 Å². The number of nitrogens with two attached hydrogens (primary N) is 1. The molecule has 1 aromatic rings. The van der Waals surface area contributed by atoms with Crippen LogP contribution in [-0.2, 0) is 6.54 Å². The first kappa shape index (κ1) is 14.5. The van der Waals surface area contributed by atoms with E-state index in [0.29, 0.717) is 6.54 Å². The second-order valence-corrected chi connectivity index (χ2v) is 4.27. The Balaban J connectivity index is 2.61. The number of hydrogen-bond acceptors (Lipinski definition) is 2. The molecule has 0 aliphatic heterocycles. The molecule has 0 aliphatic rings. The third kappa shape index (κ3) is 4.37. The van der Waals surface area contributed by atoms with Gasteiger partial charge < -0.3 is 16.0 Å². The fourth-order valence-corrected chi connectivity index (χ4v) is 1.73.